The van der Waals surface area contributed by atoms with Crippen LogP contribution >= 0.6 is 0 Å². The summed E-state index contributed by atoms with van der Waals surface area (Å²) >= 11 is 0. The Morgan fingerprint density at radius 2 is 2.25 bits per heavy atom. The monoisotopic (exact) mass is 164 g/mol. The molecule has 0 saturated heterocycles. The zero-order chi connectivity index (χ0) is 8.55. The van der Waals surface area contributed by atoms with Crippen molar-refractivity contribution in [1.82, 2.24) is 10.2 Å². The average molecular weight is 164 g/mol. The van der Waals surface area contributed by atoms with E-state index in [0.717, 1.165) is 17.0 Å². The van der Waals surface area contributed by atoms with Crippen molar-refractivity contribution in [2.24, 2.45) is 0 Å². The first-order valence-electron chi connectivity index (χ1n) is 4.25. The summed E-state index contributed by atoms with van der Waals surface area (Å²) in [6, 6.07) is 1.92. The van der Waals surface area contributed by atoms with Crippen molar-refractivity contribution in [3.8, 4) is 0 Å². The van der Waals surface area contributed by atoms with E-state index in [4.69, 9.17) is 5.11 Å². The molecule has 12 heavy (non-hydrogen) atoms. The maximum atomic E-state index is 9.05. The third kappa shape index (κ3) is 1.32. The Morgan fingerprint density at radius 3 is 2.83 bits per heavy atom. The lowest BCUT2D eigenvalue weighted by Gasteiger charge is -2.03. The molecule has 1 aromatic rings. The highest BCUT2D eigenvalue weighted by atomic mass is 16.3. The van der Waals surface area contributed by atoms with Crippen LogP contribution in [0.4, 0.5) is 0 Å². The molecule has 0 spiro atoms. The quantitative estimate of drug-likeness (QED) is 0.713. The second-order valence-electron chi connectivity index (χ2n) is 3.33. The van der Waals surface area contributed by atoms with Crippen molar-refractivity contribution in [3.63, 3.8) is 0 Å². The van der Waals surface area contributed by atoms with E-state index in [2.05, 4.69) is 10.2 Å². The number of hydrogen-bond acceptors (Lipinski definition) is 3. The smallest absolute Gasteiger partial charge is 0.0717 e. The zero-order valence-corrected chi connectivity index (χ0v) is 7.12. The van der Waals surface area contributed by atoms with Gasteiger partial charge in [0.25, 0.3) is 0 Å². The van der Waals surface area contributed by atoms with E-state index in [0.29, 0.717) is 5.92 Å². The van der Waals surface area contributed by atoms with Crippen molar-refractivity contribution in [1.29, 1.82) is 0 Å². The van der Waals surface area contributed by atoms with Gasteiger partial charge in [0.05, 0.1) is 18.0 Å². The number of hydrogen-bond donors (Lipinski definition) is 1. The first-order valence-corrected chi connectivity index (χ1v) is 4.25. The molecule has 1 aliphatic rings. The Morgan fingerprint density at radius 1 is 1.50 bits per heavy atom. The van der Waals surface area contributed by atoms with Gasteiger partial charge >= 0.3 is 0 Å². The lowest BCUT2D eigenvalue weighted by atomic mass is 10.1. The maximum Gasteiger partial charge on any atom is 0.0717 e. The van der Waals surface area contributed by atoms with Crippen LogP contribution in [-0.4, -0.2) is 15.3 Å². The molecule has 1 aromatic heterocycles. The molecule has 0 aromatic carbocycles. The molecular weight excluding hydrogens is 152 g/mol. The van der Waals surface area contributed by atoms with Gasteiger partial charge in [-0.2, -0.15) is 10.2 Å². The van der Waals surface area contributed by atoms with Gasteiger partial charge in [-0.3, -0.25) is 0 Å². The molecule has 0 radical (unpaired) electrons. The Balaban J connectivity index is 2.38. The minimum absolute atomic E-state index is 0.0855. The number of aliphatic hydroxyl groups is 1. The number of aromatic nitrogens is 2. The van der Waals surface area contributed by atoms with Crippen LogP contribution in [0.3, 0.4) is 0 Å². The Kier molecular flexibility index (Phi) is 1.81. The molecule has 1 saturated carbocycles. The minimum atomic E-state index is 0.0855. The fraction of sp³-hybridized carbons (Fsp3) is 0.556. The van der Waals surface area contributed by atoms with Crippen molar-refractivity contribution >= 4 is 0 Å². The van der Waals surface area contributed by atoms with Crippen LogP contribution in [0.1, 0.15) is 35.7 Å². The maximum absolute atomic E-state index is 9.05. The number of nitrogens with zero attached hydrogens (tertiary/aromatic N) is 2. The summed E-state index contributed by atoms with van der Waals surface area (Å²) in [5.41, 5.74) is 2.83. The van der Waals surface area contributed by atoms with E-state index in [-0.39, 0.29) is 6.61 Å². The molecule has 0 atom stereocenters. The largest absolute Gasteiger partial charge is 0.392 e. The Labute approximate surface area is 71.5 Å². The predicted molar refractivity (Wildman–Crippen MR) is 44.7 cm³/mol. The second kappa shape index (κ2) is 2.83. The molecule has 64 valence electrons. The molecule has 2 rings (SSSR count). The van der Waals surface area contributed by atoms with Crippen LogP contribution in [0.15, 0.2) is 6.07 Å². The molecule has 1 heterocycles. The van der Waals surface area contributed by atoms with Crippen LogP contribution in [0.2, 0.25) is 0 Å². The lowest BCUT2D eigenvalue weighted by molar-refractivity contribution is 0.279. The third-order valence-electron chi connectivity index (χ3n) is 2.16. The van der Waals surface area contributed by atoms with E-state index in [1.807, 2.05) is 13.0 Å². The van der Waals surface area contributed by atoms with Crippen molar-refractivity contribution < 1.29 is 5.11 Å². The highest BCUT2D eigenvalue weighted by Gasteiger charge is 2.27. The predicted octanol–water partition coefficient (Wildman–Crippen LogP) is 1.15. The summed E-state index contributed by atoms with van der Waals surface area (Å²) in [6.45, 7) is 1.98. The molecule has 0 unspecified atom stereocenters. The summed E-state index contributed by atoms with van der Waals surface area (Å²) in [5, 5.41) is 17.1. The van der Waals surface area contributed by atoms with Crippen LogP contribution in [0, 0.1) is 6.92 Å². The Hall–Kier alpha value is -0.960. The molecule has 0 bridgehead atoms. The van der Waals surface area contributed by atoms with Gasteiger partial charge in [-0.25, -0.2) is 0 Å². The molecule has 1 fully saturated rings. The Bertz CT molecular complexity index is 295. The van der Waals surface area contributed by atoms with Gasteiger partial charge < -0.3 is 5.11 Å². The van der Waals surface area contributed by atoms with E-state index in [1.165, 1.54) is 12.8 Å². The van der Waals surface area contributed by atoms with Crippen molar-refractivity contribution in [3.05, 3.63) is 23.0 Å². The van der Waals surface area contributed by atoms with Crippen molar-refractivity contribution in [2.45, 2.75) is 32.3 Å². The molecule has 1 N–H and O–H groups in total. The second-order valence-corrected chi connectivity index (χ2v) is 3.33. The van der Waals surface area contributed by atoms with E-state index >= 15 is 0 Å². The van der Waals surface area contributed by atoms with E-state index in [9.17, 15) is 0 Å². The molecular formula is C9H12N2O. The molecule has 0 amide bonds. The van der Waals surface area contributed by atoms with Crippen LogP contribution in [0.5, 0.6) is 0 Å². The van der Waals surface area contributed by atoms with E-state index < -0.39 is 0 Å². The highest BCUT2D eigenvalue weighted by Crippen LogP contribution is 2.40. The summed E-state index contributed by atoms with van der Waals surface area (Å²) in [7, 11) is 0. The molecule has 1 aliphatic carbocycles. The first kappa shape index (κ1) is 7.68. The summed E-state index contributed by atoms with van der Waals surface area (Å²) in [4.78, 5) is 0. The first-order chi connectivity index (χ1) is 5.81. The summed E-state index contributed by atoms with van der Waals surface area (Å²) in [5.74, 6) is 0.570. The third-order valence-corrected chi connectivity index (χ3v) is 2.16. The van der Waals surface area contributed by atoms with Gasteiger partial charge in [0.1, 0.15) is 0 Å². The zero-order valence-electron chi connectivity index (χ0n) is 7.12. The SMILES string of the molecule is Cc1cc(CO)c(C2CC2)nn1. The fourth-order valence-electron chi connectivity index (χ4n) is 1.38. The minimum Gasteiger partial charge on any atom is -0.392 e. The molecule has 3 heteroatoms. The highest BCUT2D eigenvalue weighted by molar-refractivity contribution is 5.26. The lowest BCUT2D eigenvalue weighted by Crippen LogP contribution is -2.00. The normalized spacial score (nSPS) is 16.5. The summed E-state index contributed by atoms with van der Waals surface area (Å²) in [6.07, 6.45) is 2.40. The molecule has 0 aliphatic heterocycles. The van der Waals surface area contributed by atoms with Gasteiger partial charge in [0.15, 0.2) is 0 Å². The van der Waals surface area contributed by atoms with Gasteiger partial charge in [0, 0.05) is 11.5 Å². The standard InChI is InChI=1S/C9H12N2O/c1-6-4-8(5-12)9(11-10-6)7-2-3-7/h4,7,12H,2-3,5H2,1H3. The topological polar surface area (TPSA) is 46.0 Å². The number of aliphatic hydroxyl groups excluding tert-OH is 1. The van der Waals surface area contributed by atoms with Crippen LogP contribution in [-0.2, 0) is 6.61 Å². The van der Waals surface area contributed by atoms with Crippen molar-refractivity contribution in [2.75, 3.05) is 0 Å². The van der Waals surface area contributed by atoms with Gasteiger partial charge in [0.2, 0.25) is 0 Å². The number of rotatable bonds is 2. The van der Waals surface area contributed by atoms with Gasteiger partial charge in [-0.15, -0.1) is 0 Å². The summed E-state index contributed by atoms with van der Waals surface area (Å²) < 4.78 is 0. The average Bonchev–Trinajstić information content (AvgIpc) is 2.87. The van der Waals surface area contributed by atoms with E-state index in [1.54, 1.807) is 0 Å². The number of aryl methyl sites for hydroxylation is 1. The van der Waals surface area contributed by atoms with Crippen LogP contribution in [0.25, 0.3) is 0 Å². The van der Waals surface area contributed by atoms with Gasteiger partial charge in [-0.05, 0) is 25.8 Å². The fourth-order valence-corrected chi connectivity index (χ4v) is 1.38. The van der Waals surface area contributed by atoms with Gasteiger partial charge in [-0.1, -0.05) is 0 Å². The molecule has 3 nitrogen and oxygen atoms in total. The van der Waals surface area contributed by atoms with Crippen LogP contribution < -0.4 is 0 Å².